The predicted molar refractivity (Wildman–Crippen MR) is 108 cm³/mol. The Morgan fingerprint density at radius 1 is 1.07 bits per heavy atom. The van der Waals surface area contributed by atoms with Crippen molar-refractivity contribution in [3.8, 4) is 11.3 Å². The quantitative estimate of drug-likeness (QED) is 0.628. The fraction of sp³-hybridized carbons (Fsp3) is 0.409. The molecule has 4 nitrogen and oxygen atoms in total. The van der Waals surface area contributed by atoms with Crippen LogP contribution in [0.3, 0.4) is 0 Å². The van der Waals surface area contributed by atoms with Gasteiger partial charge in [-0.05, 0) is 63.1 Å². The van der Waals surface area contributed by atoms with Crippen LogP contribution in [0.4, 0.5) is 18.9 Å². The van der Waals surface area contributed by atoms with Crippen molar-refractivity contribution < 1.29 is 13.2 Å². The molecule has 7 heteroatoms. The van der Waals surface area contributed by atoms with E-state index in [9.17, 15) is 13.2 Å². The summed E-state index contributed by atoms with van der Waals surface area (Å²) in [4.78, 5) is 9.48. The predicted octanol–water partition coefficient (Wildman–Crippen LogP) is 5.29. The summed E-state index contributed by atoms with van der Waals surface area (Å²) in [6.07, 6.45) is 2.32. The van der Waals surface area contributed by atoms with Gasteiger partial charge in [0, 0.05) is 34.6 Å². The molecular weight excluding hydrogens is 377 g/mol. The maximum atomic E-state index is 12.9. The van der Waals surface area contributed by atoms with Crippen molar-refractivity contribution in [2.75, 3.05) is 12.4 Å². The van der Waals surface area contributed by atoms with Crippen LogP contribution >= 0.6 is 0 Å². The minimum atomic E-state index is -4.38. The molecule has 2 bridgehead atoms. The van der Waals surface area contributed by atoms with Crippen LogP contribution in [0.15, 0.2) is 42.6 Å². The van der Waals surface area contributed by atoms with Crippen LogP contribution < -0.4 is 5.32 Å². The first-order valence-corrected chi connectivity index (χ1v) is 10.0. The minimum Gasteiger partial charge on any atom is -0.381 e. The molecule has 5 rings (SSSR count). The average Bonchev–Trinajstić information content (AvgIpc) is 3.19. The Bertz CT molecular complexity index is 1010. The second-order valence-electron chi connectivity index (χ2n) is 8.28. The first kappa shape index (κ1) is 18.5. The second kappa shape index (κ2) is 6.76. The van der Waals surface area contributed by atoms with Gasteiger partial charge in [0.25, 0.3) is 0 Å². The molecule has 2 unspecified atom stereocenters. The molecule has 4 heterocycles. The highest BCUT2D eigenvalue weighted by Crippen LogP contribution is 2.36. The van der Waals surface area contributed by atoms with Crippen LogP contribution in [0.2, 0.25) is 0 Å². The molecular formula is C22H23F3N4. The largest absolute Gasteiger partial charge is 0.431 e. The van der Waals surface area contributed by atoms with E-state index < -0.39 is 11.9 Å². The molecule has 2 aromatic heterocycles. The van der Waals surface area contributed by atoms with E-state index in [0.29, 0.717) is 29.0 Å². The molecule has 0 radical (unpaired) electrons. The molecule has 2 atom stereocenters. The highest BCUT2D eigenvalue weighted by molar-refractivity contribution is 5.85. The van der Waals surface area contributed by atoms with Gasteiger partial charge < -0.3 is 15.2 Å². The van der Waals surface area contributed by atoms with Gasteiger partial charge in [-0.2, -0.15) is 13.2 Å². The van der Waals surface area contributed by atoms with Crippen LogP contribution in [-0.2, 0) is 6.18 Å². The number of hydrogen-bond donors (Lipinski definition) is 2. The average molecular weight is 400 g/mol. The number of nitrogens with zero attached hydrogens (tertiary/aromatic N) is 2. The molecule has 2 fully saturated rings. The maximum absolute atomic E-state index is 12.9. The zero-order chi connectivity index (χ0) is 20.2. The van der Waals surface area contributed by atoms with Crippen LogP contribution in [0, 0.1) is 0 Å². The lowest BCUT2D eigenvalue weighted by atomic mass is 9.98. The monoisotopic (exact) mass is 400 g/mol. The minimum absolute atomic E-state index is 0.466. The van der Waals surface area contributed by atoms with E-state index in [1.165, 1.54) is 12.8 Å². The number of halogens is 3. The Kier molecular flexibility index (Phi) is 4.31. The van der Waals surface area contributed by atoms with Crippen molar-refractivity contribution in [3.05, 3.63) is 48.3 Å². The van der Waals surface area contributed by atoms with E-state index in [1.807, 2.05) is 18.3 Å². The van der Waals surface area contributed by atoms with E-state index in [0.717, 1.165) is 35.9 Å². The number of aromatic nitrogens is 2. The summed E-state index contributed by atoms with van der Waals surface area (Å²) in [6.45, 7) is 0. The van der Waals surface area contributed by atoms with Crippen LogP contribution in [0.1, 0.15) is 31.4 Å². The first-order chi connectivity index (χ1) is 13.9. The Balaban J connectivity index is 1.32. The van der Waals surface area contributed by atoms with Crippen molar-refractivity contribution in [1.29, 1.82) is 0 Å². The Labute approximate surface area is 167 Å². The molecule has 0 amide bonds. The summed E-state index contributed by atoms with van der Waals surface area (Å²) < 4.78 is 38.7. The van der Waals surface area contributed by atoms with Crippen molar-refractivity contribution in [1.82, 2.24) is 14.9 Å². The number of rotatable bonds is 3. The molecule has 2 aliphatic rings. The van der Waals surface area contributed by atoms with Crippen molar-refractivity contribution in [3.63, 3.8) is 0 Å². The van der Waals surface area contributed by atoms with E-state index in [2.05, 4.69) is 27.2 Å². The summed E-state index contributed by atoms with van der Waals surface area (Å²) in [5, 5.41) is 4.14. The fourth-order valence-electron chi connectivity index (χ4n) is 4.86. The maximum Gasteiger partial charge on any atom is 0.431 e. The Morgan fingerprint density at radius 3 is 2.48 bits per heavy atom. The summed E-state index contributed by atoms with van der Waals surface area (Å²) in [5.74, 6) is 0. The van der Waals surface area contributed by atoms with Gasteiger partial charge in [0.2, 0.25) is 0 Å². The van der Waals surface area contributed by atoms with Gasteiger partial charge in [-0.25, -0.2) is 0 Å². The van der Waals surface area contributed by atoms with E-state index in [4.69, 9.17) is 0 Å². The van der Waals surface area contributed by atoms with E-state index in [1.54, 1.807) is 18.2 Å². The number of piperidine rings is 1. The number of aromatic amines is 1. The molecule has 152 valence electrons. The molecule has 0 spiro atoms. The van der Waals surface area contributed by atoms with Crippen molar-refractivity contribution >= 4 is 16.6 Å². The van der Waals surface area contributed by atoms with Gasteiger partial charge in [-0.1, -0.05) is 6.07 Å². The number of benzene rings is 1. The molecule has 0 saturated carbocycles. The molecule has 2 saturated heterocycles. The molecule has 2 aliphatic heterocycles. The lowest BCUT2D eigenvalue weighted by molar-refractivity contribution is -0.140. The van der Waals surface area contributed by atoms with Gasteiger partial charge >= 0.3 is 6.18 Å². The molecule has 29 heavy (non-hydrogen) atoms. The zero-order valence-electron chi connectivity index (χ0n) is 16.1. The van der Waals surface area contributed by atoms with E-state index in [-0.39, 0.29) is 0 Å². The third kappa shape index (κ3) is 3.48. The highest BCUT2D eigenvalue weighted by atomic mass is 19.4. The molecule has 0 aliphatic carbocycles. The summed E-state index contributed by atoms with van der Waals surface area (Å²) in [6, 6.07) is 12.1. The third-order valence-electron chi connectivity index (χ3n) is 6.45. The first-order valence-electron chi connectivity index (χ1n) is 10.0. The smallest absolute Gasteiger partial charge is 0.381 e. The van der Waals surface area contributed by atoms with Crippen LogP contribution in [0.5, 0.6) is 0 Å². The third-order valence-corrected chi connectivity index (χ3v) is 6.45. The number of alkyl halides is 3. The van der Waals surface area contributed by atoms with Crippen LogP contribution in [0.25, 0.3) is 22.2 Å². The topological polar surface area (TPSA) is 44.0 Å². The normalized spacial score (nSPS) is 24.9. The van der Waals surface area contributed by atoms with Gasteiger partial charge in [0.15, 0.2) is 0 Å². The molecule has 2 N–H and O–H groups in total. The number of nitrogens with one attached hydrogen (secondary N) is 2. The number of fused-ring (bicyclic) bond motifs is 3. The van der Waals surface area contributed by atoms with Crippen LogP contribution in [-0.4, -0.2) is 40.0 Å². The van der Waals surface area contributed by atoms with E-state index >= 15 is 0 Å². The van der Waals surface area contributed by atoms with Gasteiger partial charge in [-0.3, -0.25) is 4.98 Å². The summed E-state index contributed by atoms with van der Waals surface area (Å²) >= 11 is 0. The molecule has 1 aromatic carbocycles. The standard InChI is InChI=1S/C22H23F3N4/c1-29-17-4-5-18(29)11-16(10-17)27-15-3-7-19(26-12-15)13-2-6-20-14(8-13)9-21(28-20)22(23,24)25/h2-3,6-9,12,16-18,27-28H,4-5,10-11H2,1H3. The highest BCUT2D eigenvalue weighted by Gasteiger charge is 2.38. The number of H-pyrrole nitrogens is 1. The lowest BCUT2D eigenvalue weighted by Gasteiger charge is -2.37. The number of anilines is 1. The Morgan fingerprint density at radius 2 is 1.83 bits per heavy atom. The molecule has 3 aromatic rings. The van der Waals surface area contributed by atoms with Gasteiger partial charge in [-0.15, -0.1) is 0 Å². The summed E-state index contributed by atoms with van der Waals surface area (Å²) in [7, 11) is 2.23. The van der Waals surface area contributed by atoms with Gasteiger partial charge in [0.1, 0.15) is 5.69 Å². The SMILES string of the molecule is CN1C2CCC1CC(Nc1ccc(-c3ccc4[nH]c(C(F)(F)F)cc4c3)nc1)C2. The number of hydrogen-bond acceptors (Lipinski definition) is 3. The summed E-state index contributed by atoms with van der Waals surface area (Å²) in [5.41, 5.74) is 2.27. The van der Waals surface area contributed by atoms with Crippen molar-refractivity contribution in [2.24, 2.45) is 0 Å². The Hall–Kier alpha value is -2.54. The fourth-order valence-corrected chi connectivity index (χ4v) is 4.86. The van der Waals surface area contributed by atoms with Gasteiger partial charge in [0.05, 0.1) is 17.6 Å². The zero-order valence-corrected chi connectivity index (χ0v) is 16.1. The lowest BCUT2D eigenvalue weighted by Crippen LogP contribution is -2.44. The second-order valence-corrected chi connectivity index (χ2v) is 8.28. The number of pyridine rings is 1. The van der Waals surface area contributed by atoms with Crippen molar-refractivity contribution in [2.45, 2.75) is 50.0 Å².